The molecule has 0 aliphatic heterocycles. The highest BCUT2D eigenvalue weighted by Gasteiger charge is 2.01. The van der Waals surface area contributed by atoms with Crippen molar-refractivity contribution in [3.05, 3.63) is 29.6 Å². The minimum atomic E-state index is -0.178. The van der Waals surface area contributed by atoms with Crippen LogP contribution >= 0.6 is 0 Å². The van der Waals surface area contributed by atoms with Gasteiger partial charge in [-0.3, -0.25) is 0 Å². The smallest absolute Gasteiger partial charge is 0.128 e. The van der Waals surface area contributed by atoms with Crippen LogP contribution in [0.1, 0.15) is 5.56 Å². The minimum absolute atomic E-state index is 0.178. The third-order valence-electron chi connectivity index (χ3n) is 1.89. The van der Waals surface area contributed by atoms with Crippen LogP contribution in [0.4, 0.5) is 10.1 Å². The van der Waals surface area contributed by atoms with Gasteiger partial charge in [0.1, 0.15) is 5.82 Å². The van der Waals surface area contributed by atoms with E-state index >= 15 is 0 Å². The molecule has 0 saturated heterocycles. The average Bonchev–Trinajstić information content (AvgIpc) is 2.13. The van der Waals surface area contributed by atoms with Gasteiger partial charge in [-0.1, -0.05) is 6.07 Å². The fourth-order valence-electron chi connectivity index (χ4n) is 1.09. The quantitative estimate of drug-likeness (QED) is 0.722. The summed E-state index contributed by atoms with van der Waals surface area (Å²) in [5.41, 5.74) is 1.48. The molecule has 0 fully saturated rings. The summed E-state index contributed by atoms with van der Waals surface area (Å²) in [5, 5.41) is 3.09. The highest BCUT2D eigenvalue weighted by atomic mass is 19.1. The second-order valence-electron chi connectivity index (χ2n) is 2.83. The fourth-order valence-corrected chi connectivity index (χ4v) is 1.09. The van der Waals surface area contributed by atoms with E-state index in [0.717, 1.165) is 5.69 Å². The first-order chi connectivity index (χ1) is 6.25. The molecule has 0 unspecified atom stereocenters. The third-order valence-corrected chi connectivity index (χ3v) is 1.89. The molecule has 0 atom stereocenters. The molecule has 1 rings (SSSR count). The molecule has 1 aromatic carbocycles. The second-order valence-corrected chi connectivity index (χ2v) is 2.83. The molecule has 0 heterocycles. The van der Waals surface area contributed by atoms with Crippen LogP contribution in [0.15, 0.2) is 18.2 Å². The summed E-state index contributed by atoms with van der Waals surface area (Å²) < 4.78 is 17.9. The van der Waals surface area contributed by atoms with E-state index in [-0.39, 0.29) is 5.82 Å². The third kappa shape index (κ3) is 2.70. The Morgan fingerprint density at radius 2 is 2.23 bits per heavy atom. The average molecular weight is 183 g/mol. The molecule has 1 N–H and O–H groups in total. The Balaban J connectivity index is 2.61. The molecule has 1 aromatic rings. The van der Waals surface area contributed by atoms with Gasteiger partial charge in [-0.25, -0.2) is 4.39 Å². The van der Waals surface area contributed by atoms with Crippen LogP contribution < -0.4 is 5.32 Å². The van der Waals surface area contributed by atoms with Gasteiger partial charge in [0.2, 0.25) is 0 Å². The maximum Gasteiger partial charge on any atom is 0.128 e. The fraction of sp³-hybridized carbons (Fsp3) is 0.400. The number of methoxy groups -OCH3 is 1. The van der Waals surface area contributed by atoms with Crippen molar-refractivity contribution >= 4 is 5.69 Å². The van der Waals surface area contributed by atoms with E-state index in [1.807, 2.05) is 6.07 Å². The Morgan fingerprint density at radius 1 is 1.46 bits per heavy atom. The van der Waals surface area contributed by atoms with Crippen LogP contribution in [-0.4, -0.2) is 20.3 Å². The van der Waals surface area contributed by atoms with Gasteiger partial charge in [0.25, 0.3) is 0 Å². The van der Waals surface area contributed by atoms with E-state index < -0.39 is 0 Å². The Morgan fingerprint density at radius 3 is 2.92 bits per heavy atom. The number of hydrogen-bond acceptors (Lipinski definition) is 2. The maximum atomic E-state index is 13.0. The zero-order valence-electron chi connectivity index (χ0n) is 7.93. The van der Waals surface area contributed by atoms with Crippen molar-refractivity contribution in [2.45, 2.75) is 6.92 Å². The molecule has 0 amide bonds. The Labute approximate surface area is 77.7 Å². The molecule has 72 valence electrons. The van der Waals surface area contributed by atoms with Crippen molar-refractivity contribution in [2.75, 3.05) is 25.6 Å². The molecule has 0 spiro atoms. The number of ether oxygens (including phenoxy) is 1. The first-order valence-electron chi connectivity index (χ1n) is 4.23. The first kappa shape index (κ1) is 9.99. The van der Waals surface area contributed by atoms with Crippen molar-refractivity contribution < 1.29 is 9.13 Å². The highest BCUT2D eigenvalue weighted by molar-refractivity contribution is 5.50. The van der Waals surface area contributed by atoms with E-state index in [1.54, 1.807) is 20.1 Å². The Kier molecular flexibility index (Phi) is 3.71. The number of hydrogen-bond donors (Lipinski definition) is 1. The van der Waals surface area contributed by atoms with E-state index in [4.69, 9.17) is 4.74 Å². The summed E-state index contributed by atoms with van der Waals surface area (Å²) >= 11 is 0. The summed E-state index contributed by atoms with van der Waals surface area (Å²) in [6.45, 7) is 3.07. The lowest BCUT2D eigenvalue weighted by molar-refractivity contribution is 0.211. The summed E-state index contributed by atoms with van der Waals surface area (Å²) in [7, 11) is 1.64. The Hall–Kier alpha value is -1.09. The van der Waals surface area contributed by atoms with Crippen LogP contribution in [0.25, 0.3) is 0 Å². The molecule has 2 nitrogen and oxygen atoms in total. The second kappa shape index (κ2) is 4.82. The summed E-state index contributed by atoms with van der Waals surface area (Å²) in [5.74, 6) is -0.178. The van der Waals surface area contributed by atoms with Crippen molar-refractivity contribution in [1.29, 1.82) is 0 Å². The predicted octanol–water partition coefficient (Wildman–Crippen LogP) is 2.19. The molecule has 0 radical (unpaired) electrons. The molecule has 0 aromatic heterocycles. The lowest BCUT2D eigenvalue weighted by Crippen LogP contribution is -2.08. The summed E-state index contributed by atoms with van der Waals surface area (Å²) in [4.78, 5) is 0. The van der Waals surface area contributed by atoms with Gasteiger partial charge in [0, 0.05) is 24.9 Å². The molecule has 13 heavy (non-hydrogen) atoms. The number of halogens is 1. The zero-order chi connectivity index (χ0) is 9.68. The lowest BCUT2D eigenvalue weighted by atomic mass is 10.2. The van der Waals surface area contributed by atoms with Crippen LogP contribution in [-0.2, 0) is 4.74 Å². The first-order valence-corrected chi connectivity index (χ1v) is 4.23. The van der Waals surface area contributed by atoms with Gasteiger partial charge in [0.15, 0.2) is 0 Å². The lowest BCUT2D eigenvalue weighted by Gasteiger charge is -2.08. The van der Waals surface area contributed by atoms with Gasteiger partial charge >= 0.3 is 0 Å². The van der Waals surface area contributed by atoms with Crippen LogP contribution in [0.3, 0.4) is 0 Å². The molecule has 3 heteroatoms. The van der Waals surface area contributed by atoms with Gasteiger partial charge in [-0.05, 0) is 19.1 Å². The SMILES string of the molecule is COCCNc1cccc(F)c1C. The van der Waals surface area contributed by atoms with E-state index in [2.05, 4.69) is 5.32 Å². The van der Waals surface area contributed by atoms with Gasteiger partial charge < -0.3 is 10.1 Å². The number of rotatable bonds is 4. The maximum absolute atomic E-state index is 13.0. The zero-order valence-corrected chi connectivity index (χ0v) is 7.93. The topological polar surface area (TPSA) is 21.3 Å². The molecular weight excluding hydrogens is 169 g/mol. The van der Waals surface area contributed by atoms with Gasteiger partial charge in [-0.2, -0.15) is 0 Å². The molecule has 0 aliphatic carbocycles. The minimum Gasteiger partial charge on any atom is -0.383 e. The molecule has 0 bridgehead atoms. The summed E-state index contributed by atoms with van der Waals surface area (Å²) in [6, 6.07) is 5.00. The summed E-state index contributed by atoms with van der Waals surface area (Å²) in [6.07, 6.45) is 0. The van der Waals surface area contributed by atoms with Crippen molar-refractivity contribution in [3.63, 3.8) is 0 Å². The highest BCUT2D eigenvalue weighted by Crippen LogP contribution is 2.16. The van der Waals surface area contributed by atoms with Crippen molar-refractivity contribution in [1.82, 2.24) is 0 Å². The molecule has 0 saturated carbocycles. The van der Waals surface area contributed by atoms with Crippen molar-refractivity contribution in [3.8, 4) is 0 Å². The monoisotopic (exact) mass is 183 g/mol. The molecule has 0 aliphatic rings. The number of nitrogens with one attached hydrogen (secondary N) is 1. The standard InChI is InChI=1S/C10H14FNO/c1-8-9(11)4-3-5-10(8)12-6-7-13-2/h3-5,12H,6-7H2,1-2H3. The van der Waals surface area contributed by atoms with Crippen molar-refractivity contribution in [2.24, 2.45) is 0 Å². The van der Waals surface area contributed by atoms with E-state index in [9.17, 15) is 4.39 Å². The van der Waals surface area contributed by atoms with Crippen LogP contribution in [0, 0.1) is 12.7 Å². The largest absolute Gasteiger partial charge is 0.383 e. The Bertz CT molecular complexity index is 276. The van der Waals surface area contributed by atoms with Crippen LogP contribution in [0.2, 0.25) is 0 Å². The van der Waals surface area contributed by atoms with E-state index in [0.29, 0.717) is 18.7 Å². The van der Waals surface area contributed by atoms with Crippen LogP contribution in [0.5, 0.6) is 0 Å². The van der Waals surface area contributed by atoms with Gasteiger partial charge in [-0.15, -0.1) is 0 Å². The number of benzene rings is 1. The van der Waals surface area contributed by atoms with E-state index in [1.165, 1.54) is 6.07 Å². The normalized spacial score (nSPS) is 10.1. The molecular formula is C10H14FNO. The predicted molar refractivity (Wildman–Crippen MR) is 51.5 cm³/mol. The number of anilines is 1. The van der Waals surface area contributed by atoms with Gasteiger partial charge in [0.05, 0.1) is 6.61 Å².